The molecule has 2 aromatic heterocycles. The molecule has 0 bridgehead atoms. The zero-order valence-electron chi connectivity index (χ0n) is 20.5. The lowest BCUT2D eigenvalue weighted by Crippen LogP contribution is -2.50. The zero-order chi connectivity index (χ0) is 25.8. The molecule has 1 N–H and O–H groups in total. The highest BCUT2D eigenvalue weighted by Crippen LogP contribution is 2.31. The van der Waals surface area contributed by atoms with Gasteiger partial charge >= 0.3 is 0 Å². The van der Waals surface area contributed by atoms with Crippen LogP contribution >= 0.6 is 0 Å². The topological polar surface area (TPSA) is 95.9 Å². The van der Waals surface area contributed by atoms with E-state index in [0.29, 0.717) is 23.4 Å². The van der Waals surface area contributed by atoms with Crippen LogP contribution in [0.2, 0.25) is 0 Å². The molecule has 3 aromatic rings. The first-order valence-corrected chi connectivity index (χ1v) is 11.8. The minimum absolute atomic E-state index is 0.102. The van der Waals surface area contributed by atoms with Crippen LogP contribution in [0.1, 0.15) is 34.7 Å². The zero-order valence-corrected chi connectivity index (χ0v) is 20.5. The average molecular weight is 493 g/mol. The predicted molar refractivity (Wildman–Crippen MR) is 132 cm³/mol. The van der Waals surface area contributed by atoms with Crippen LogP contribution in [0, 0.1) is 11.7 Å². The van der Waals surface area contributed by atoms with E-state index < -0.39 is 18.0 Å². The van der Waals surface area contributed by atoms with Crippen molar-refractivity contribution in [1.82, 2.24) is 19.8 Å². The number of carbonyl (C=O) groups excluding carboxylic acids is 2. The van der Waals surface area contributed by atoms with Crippen molar-refractivity contribution in [1.29, 1.82) is 0 Å². The summed E-state index contributed by atoms with van der Waals surface area (Å²) in [5, 5.41) is 9.83. The Kier molecular flexibility index (Phi) is 7.59. The molecule has 0 unspecified atom stereocenters. The van der Waals surface area contributed by atoms with Gasteiger partial charge in [-0.15, -0.1) is 0 Å². The van der Waals surface area contributed by atoms with Crippen LogP contribution in [0.3, 0.4) is 0 Å². The predicted octanol–water partition coefficient (Wildman–Crippen LogP) is 3.28. The van der Waals surface area contributed by atoms with Crippen LogP contribution in [-0.4, -0.2) is 75.6 Å². The minimum atomic E-state index is -0.505. The summed E-state index contributed by atoms with van der Waals surface area (Å²) in [7, 11) is 1.67. The van der Waals surface area contributed by atoms with Crippen LogP contribution < -0.4 is 4.74 Å². The second-order valence-corrected chi connectivity index (χ2v) is 9.08. The average Bonchev–Trinajstić information content (AvgIpc) is 2.90. The summed E-state index contributed by atoms with van der Waals surface area (Å²) in [4.78, 5) is 38.1. The van der Waals surface area contributed by atoms with E-state index in [9.17, 15) is 19.1 Å². The maximum absolute atomic E-state index is 14.5. The van der Waals surface area contributed by atoms with E-state index in [-0.39, 0.29) is 42.3 Å². The number of amides is 2. The minimum Gasteiger partial charge on any atom is -0.472 e. The molecule has 0 saturated heterocycles. The quantitative estimate of drug-likeness (QED) is 0.568. The molecule has 2 amide bonds. The molecule has 3 atom stereocenters. The number of aliphatic hydroxyl groups excluding tert-OH is 1. The lowest BCUT2D eigenvalue weighted by molar-refractivity contribution is 0.0312. The molecule has 8 nitrogen and oxygen atoms in total. The van der Waals surface area contributed by atoms with E-state index in [1.807, 2.05) is 6.92 Å². The van der Waals surface area contributed by atoms with Gasteiger partial charge in [0.15, 0.2) is 0 Å². The van der Waals surface area contributed by atoms with Gasteiger partial charge in [0.05, 0.1) is 19.2 Å². The van der Waals surface area contributed by atoms with Crippen molar-refractivity contribution >= 4 is 11.8 Å². The monoisotopic (exact) mass is 492 g/mol. The molecule has 9 heteroatoms. The molecule has 1 aromatic carbocycles. The summed E-state index contributed by atoms with van der Waals surface area (Å²) < 4.78 is 20.7. The first kappa shape index (κ1) is 25.2. The van der Waals surface area contributed by atoms with Crippen molar-refractivity contribution in [2.45, 2.75) is 26.0 Å². The molecule has 188 valence electrons. The first-order chi connectivity index (χ1) is 17.3. The van der Waals surface area contributed by atoms with Crippen molar-refractivity contribution in [3.8, 4) is 17.0 Å². The Balaban J connectivity index is 1.70. The van der Waals surface area contributed by atoms with Crippen LogP contribution in [0.25, 0.3) is 11.1 Å². The number of halogens is 1. The summed E-state index contributed by atoms with van der Waals surface area (Å²) in [6, 6.07) is 12.5. The summed E-state index contributed by atoms with van der Waals surface area (Å²) in [6.45, 7) is 3.97. The molecule has 0 radical (unpaired) electrons. The standard InChI is InChI=1S/C27H29FN4O4/c1-17-14-32(18(2)16-33)26(34)21-12-19(20-8-4-5-9-22(20)28)13-30-25(21)36-24(17)15-31(3)27(35)23-10-6-7-11-29-23/h4-13,17-18,24,33H,14-16H2,1-3H3/t17-,18+,24-/m1/s1. The molecule has 0 aliphatic carbocycles. The number of aliphatic hydroxyl groups is 1. The molecule has 3 heterocycles. The number of hydrogen-bond donors (Lipinski definition) is 1. The van der Waals surface area contributed by atoms with Crippen molar-refractivity contribution < 1.29 is 23.8 Å². The summed E-state index contributed by atoms with van der Waals surface area (Å²) >= 11 is 0. The first-order valence-electron chi connectivity index (χ1n) is 11.8. The van der Waals surface area contributed by atoms with Crippen LogP contribution in [0.15, 0.2) is 60.9 Å². The molecule has 0 saturated carbocycles. The third-order valence-corrected chi connectivity index (χ3v) is 6.39. The molecule has 0 spiro atoms. The van der Waals surface area contributed by atoms with E-state index >= 15 is 0 Å². The number of carbonyl (C=O) groups is 2. The van der Waals surface area contributed by atoms with Gasteiger partial charge in [-0.25, -0.2) is 9.37 Å². The molecular weight excluding hydrogens is 463 g/mol. The molecule has 36 heavy (non-hydrogen) atoms. The summed E-state index contributed by atoms with van der Waals surface area (Å²) in [6.07, 6.45) is 2.52. The third-order valence-electron chi connectivity index (χ3n) is 6.39. The number of rotatable bonds is 6. The fourth-order valence-corrected chi connectivity index (χ4v) is 4.20. The Bertz CT molecular complexity index is 1240. The molecular formula is C27H29FN4O4. The fourth-order valence-electron chi connectivity index (χ4n) is 4.20. The van der Waals surface area contributed by atoms with Gasteiger partial charge < -0.3 is 19.6 Å². The second kappa shape index (κ2) is 10.8. The maximum Gasteiger partial charge on any atom is 0.272 e. The summed E-state index contributed by atoms with van der Waals surface area (Å²) in [5.74, 6) is -1.14. The SMILES string of the molecule is C[C@@H]1CN([C@@H](C)CO)C(=O)c2cc(-c3ccccc3F)cnc2O[C@@H]1CN(C)C(=O)c1ccccn1. The lowest BCUT2D eigenvalue weighted by atomic mass is 9.99. The van der Waals surface area contributed by atoms with Crippen molar-refractivity contribution in [3.05, 3.63) is 78.0 Å². The number of aromatic nitrogens is 2. The maximum atomic E-state index is 14.5. The van der Waals surface area contributed by atoms with Crippen LogP contribution in [0.4, 0.5) is 4.39 Å². The van der Waals surface area contributed by atoms with Gasteiger partial charge in [0.25, 0.3) is 11.8 Å². The van der Waals surface area contributed by atoms with Gasteiger partial charge in [-0.2, -0.15) is 0 Å². The molecule has 1 aliphatic heterocycles. The van der Waals surface area contributed by atoms with E-state index in [4.69, 9.17) is 4.74 Å². The molecule has 0 fully saturated rings. The second-order valence-electron chi connectivity index (χ2n) is 9.08. The van der Waals surface area contributed by atoms with Gasteiger partial charge in [-0.3, -0.25) is 14.6 Å². The van der Waals surface area contributed by atoms with Gasteiger partial charge in [0.1, 0.15) is 23.2 Å². The highest BCUT2D eigenvalue weighted by Gasteiger charge is 2.35. The number of hydrogen-bond acceptors (Lipinski definition) is 6. The molecule has 4 rings (SSSR count). The highest BCUT2D eigenvalue weighted by atomic mass is 19.1. The number of ether oxygens (including phenoxy) is 1. The Morgan fingerprint density at radius 1 is 1.22 bits per heavy atom. The Labute approximate surface area is 209 Å². The highest BCUT2D eigenvalue weighted by molar-refractivity contribution is 5.98. The number of pyridine rings is 2. The summed E-state index contributed by atoms with van der Waals surface area (Å²) in [5.41, 5.74) is 1.24. The Morgan fingerprint density at radius 3 is 2.67 bits per heavy atom. The van der Waals surface area contributed by atoms with Gasteiger partial charge in [0.2, 0.25) is 5.88 Å². The Hall–Kier alpha value is -3.85. The number of nitrogens with zero attached hydrogens (tertiary/aromatic N) is 4. The number of benzene rings is 1. The number of likely N-dealkylation sites (N-methyl/N-ethyl adjacent to an activating group) is 1. The van der Waals surface area contributed by atoms with Gasteiger partial charge in [-0.05, 0) is 31.2 Å². The van der Waals surface area contributed by atoms with Crippen molar-refractivity contribution in [2.24, 2.45) is 5.92 Å². The normalized spacial score (nSPS) is 18.5. The smallest absolute Gasteiger partial charge is 0.272 e. The third kappa shape index (κ3) is 5.21. The number of fused-ring (bicyclic) bond motifs is 1. The Morgan fingerprint density at radius 2 is 1.97 bits per heavy atom. The van der Waals surface area contributed by atoms with Crippen LogP contribution in [0.5, 0.6) is 5.88 Å². The van der Waals surface area contributed by atoms with E-state index in [1.165, 1.54) is 17.2 Å². The molecule has 1 aliphatic rings. The van der Waals surface area contributed by atoms with E-state index in [2.05, 4.69) is 9.97 Å². The lowest BCUT2D eigenvalue weighted by Gasteiger charge is -2.37. The van der Waals surface area contributed by atoms with E-state index in [1.54, 1.807) is 67.5 Å². The fraction of sp³-hybridized carbons (Fsp3) is 0.333. The van der Waals surface area contributed by atoms with E-state index in [0.717, 1.165) is 0 Å². The van der Waals surface area contributed by atoms with Gasteiger partial charge in [0, 0.05) is 43.0 Å². The largest absolute Gasteiger partial charge is 0.472 e. The van der Waals surface area contributed by atoms with Crippen molar-refractivity contribution in [3.63, 3.8) is 0 Å². The van der Waals surface area contributed by atoms with Gasteiger partial charge in [-0.1, -0.05) is 31.2 Å². The van der Waals surface area contributed by atoms with Crippen molar-refractivity contribution in [2.75, 3.05) is 26.7 Å². The van der Waals surface area contributed by atoms with Crippen LogP contribution in [-0.2, 0) is 0 Å².